The van der Waals surface area contributed by atoms with Gasteiger partial charge in [-0.05, 0) is 31.9 Å². The van der Waals surface area contributed by atoms with Gasteiger partial charge in [-0.2, -0.15) is 0 Å². The molecule has 1 heterocycles. The molecule has 1 aliphatic rings. The first-order valence-electron chi connectivity index (χ1n) is 7.45. The molecule has 0 aromatic heterocycles. The maximum atomic E-state index is 12.3. The minimum atomic E-state index is -1.18. The Morgan fingerprint density at radius 1 is 1.29 bits per heavy atom. The number of allylic oxidation sites excluding steroid dienone is 1. The lowest BCUT2D eigenvalue weighted by Gasteiger charge is -2.17. The van der Waals surface area contributed by atoms with Crippen LogP contribution in [0.5, 0.6) is 0 Å². The molecular formula is C17H18N2O5. The van der Waals surface area contributed by atoms with Crippen LogP contribution >= 0.6 is 0 Å². The van der Waals surface area contributed by atoms with Crippen LogP contribution in [-0.2, 0) is 9.59 Å². The first kappa shape index (κ1) is 17.4. The highest BCUT2D eigenvalue weighted by molar-refractivity contribution is 6.22. The summed E-state index contributed by atoms with van der Waals surface area (Å²) >= 11 is 0. The number of imide groups is 1. The van der Waals surface area contributed by atoms with Gasteiger partial charge in [-0.1, -0.05) is 17.7 Å². The molecule has 0 aliphatic carbocycles. The first-order chi connectivity index (χ1) is 11.3. The molecule has 7 heteroatoms. The molecule has 1 aliphatic heterocycles. The van der Waals surface area contributed by atoms with E-state index in [1.54, 1.807) is 31.2 Å². The smallest absolute Gasteiger partial charge is 0.326 e. The van der Waals surface area contributed by atoms with Crippen molar-refractivity contribution in [3.05, 3.63) is 47.5 Å². The molecule has 1 atom stereocenters. The monoisotopic (exact) mass is 330 g/mol. The van der Waals surface area contributed by atoms with Crippen LogP contribution in [0.3, 0.4) is 0 Å². The van der Waals surface area contributed by atoms with Crippen LogP contribution in [-0.4, -0.2) is 46.3 Å². The van der Waals surface area contributed by atoms with E-state index in [-0.39, 0.29) is 17.5 Å². The van der Waals surface area contributed by atoms with E-state index in [4.69, 9.17) is 5.11 Å². The number of nitrogens with one attached hydrogen (secondary N) is 1. The van der Waals surface area contributed by atoms with Crippen molar-refractivity contribution in [3.63, 3.8) is 0 Å². The number of fused-ring (bicyclic) bond motifs is 1. The molecule has 0 saturated carbocycles. The molecule has 1 aromatic carbocycles. The minimum absolute atomic E-state index is 0.186. The lowest BCUT2D eigenvalue weighted by Crippen LogP contribution is -2.46. The largest absolute Gasteiger partial charge is 0.480 e. The normalized spacial score (nSPS) is 14.3. The zero-order chi connectivity index (χ0) is 17.9. The summed E-state index contributed by atoms with van der Waals surface area (Å²) in [6.07, 6.45) is 2.16. The van der Waals surface area contributed by atoms with Gasteiger partial charge >= 0.3 is 5.97 Å². The van der Waals surface area contributed by atoms with Gasteiger partial charge in [-0.25, -0.2) is 4.79 Å². The predicted octanol–water partition coefficient (Wildman–Crippen LogP) is 1.13. The molecule has 0 radical (unpaired) electrons. The number of carbonyl (C=O) groups excluding carboxylic acids is 3. The summed E-state index contributed by atoms with van der Waals surface area (Å²) in [6, 6.07) is 3.77. The molecule has 2 rings (SSSR count). The zero-order valence-corrected chi connectivity index (χ0v) is 13.2. The number of aryl methyl sites for hydroxylation is 1. The lowest BCUT2D eigenvalue weighted by molar-refractivity contribution is -0.142. The highest BCUT2D eigenvalue weighted by Crippen LogP contribution is 2.23. The zero-order valence-electron chi connectivity index (χ0n) is 13.2. The summed E-state index contributed by atoms with van der Waals surface area (Å²) in [4.78, 5) is 48.5. The number of amides is 3. The van der Waals surface area contributed by atoms with Gasteiger partial charge in [-0.3, -0.25) is 19.3 Å². The van der Waals surface area contributed by atoms with Crippen LogP contribution < -0.4 is 5.32 Å². The third-order valence-electron chi connectivity index (χ3n) is 3.72. The Labute approximate surface area is 139 Å². The van der Waals surface area contributed by atoms with Gasteiger partial charge in [0.15, 0.2) is 0 Å². The fraction of sp³-hybridized carbons (Fsp3) is 0.294. The van der Waals surface area contributed by atoms with Crippen molar-refractivity contribution in [2.45, 2.75) is 25.8 Å². The van der Waals surface area contributed by atoms with E-state index < -0.39 is 36.3 Å². The molecule has 0 fully saturated rings. The second-order valence-corrected chi connectivity index (χ2v) is 5.57. The van der Waals surface area contributed by atoms with E-state index in [0.29, 0.717) is 6.42 Å². The number of carbonyl (C=O) groups is 4. The number of hydrogen-bond donors (Lipinski definition) is 2. The highest BCUT2D eigenvalue weighted by atomic mass is 16.4. The predicted molar refractivity (Wildman–Crippen MR) is 85.5 cm³/mol. The van der Waals surface area contributed by atoms with Crippen molar-refractivity contribution >= 4 is 23.7 Å². The highest BCUT2D eigenvalue weighted by Gasteiger charge is 2.37. The standard InChI is InChI=1S/C17H18N2O5/c1-3-4-5-13(17(23)24)18-14(20)9-19-15(21)11-7-6-10(2)8-12(11)16(19)22/h3,6-8,13H,1,4-5,9H2,2H3,(H,18,20)(H,23,24). The van der Waals surface area contributed by atoms with Crippen molar-refractivity contribution < 1.29 is 24.3 Å². The third-order valence-corrected chi connectivity index (χ3v) is 3.72. The van der Waals surface area contributed by atoms with Crippen LogP contribution in [0, 0.1) is 6.92 Å². The SMILES string of the molecule is C=CCCC(NC(=O)CN1C(=O)c2ccc(C)cc2C1=O)C(=O)O. The lowest BCUT2D eigenvalue weighted by atomic mass is 10.1. The van der Waals surface area contributed by atoms with Gasteiger partial charge in [0.1, 0.15) is 12.6 Å². The van der Waals surface area contributed by atoms with E-state index in [0.717, 1.165) is 10.5 Å². The van der Waals surface area contributed by atoms with Crippen molar-refractivity contribution in [3.8, 4) is 0 Å². The van der Waals surface area contributed by atoms with E-state index in [1.807, 2.05) is 0 Å². The first-order valence-corrected chi connectivity index (χ1v) is 7.45. The van der Waals surface area contributed by atoms with Crippen molar-refractivity contribution in [1.29, 1.82) is 0 Å². The van der Waals surface area contributed by atoms with Gasteiger partial charge in [0, 0.05) is 0 Å². The van der Waals surface area contributed by atoms with Gasteiger partial charge in [0.2, 0.25) is 5.91 Å². The van der Waals surface area contributed by atoms with Gasteiger partial charge < -0.3 is 10.4 Å². The maximum absolute atomic E-state index is 12.3. The Morgan fingerprint density at radius 3 is 2.58 bits per heavy atom. The maximum Gasteiger partial charge on any atom is 0.326 e. The van der Waals surface area contributed by atoms with Gasteiger partial charge in [0.25, 0.3) is 11.8 Å². The van der Waals surface area contributed by atoms with Crippen LogP contribution in [0.15, 0.2) is 30.9 Å². The van der Waals surface area contributed by atoms with Crippen LogP contribution in [0.25, 0.3) is 0 Å². The van der Waals surface area contributed by atoms with Crippen LogP contribution in [0.2, 0.25) is 0 Å². The summed E-state index contributed by atoms with van der Waals surface area (Å²) in [5, 5.41) is 11.4. The molecular weight excluding hydrogens is 312 g/mol. The van der Waals surface area contributed by atoms with E-state index in [2.05, 4.69) is 11.9 Å². The Bertz CT molecular complexity index is 726. The van der Waals surface area contributed by atoms with Crippen LogP contribution in [0.1, 0.15) is 39.1 Å². The van der Waals surface area contributed by atoms with Crippen LogP contribution in [0.4, 0.5) is 0 Å². The topological polar surface area (TPSA) is 104 Å². The van der Waals surface area contributed by atoms with Crippen molar-refractivity contribution in [2.24, 2.45) is 0 Å². The Balaban J connectivity index is 2.07. The van der Waals surface area contributed by atoms with Crippen molar-refractivity contribution in [2.75, 3.05) is 6.54 Å². The molecule has 0 saturated heterocycles. The number of carboxylic acids is 1. The summed E-state index contributed by atoms with van der Waals surface area (Å²) in [6.45, 7) is 4.79. The molecule has 7 nitrogen and oxygen atoms in total. The van der Waals surface area contributed by atoms with E-state index in [1.165, 1.54) is 0 Å². The quantitative estimate of drug-likeness (QED) is 0.576. The fourth-order valence-electron chi connectivity index (χ4n) is 2.47. The van der Waals surface area contributed by atoms with Crippen molar-refractivity contribution in [1.82, 2.24) is 10.2 Å². The summed E-state index contributed by atoms with van der Waals surface area (Å²) in [5.74, 6) is -2.98. The summed E-state index contributed by atoms with van der Waals surface area (Å²) in [7, 11) is 0. The molecule has 0 spiro atoms. The average molecular weight is 330 g/mol. The second-order valence-electron chi connectivity index (χ2n) is 5.57. The third kappa shape index (κ3) is 3.51. The molecule has 1 unspecified atom stereocenters. The fourth-order valence-corrected chi connectivity index (χ4v) is 2.47. The number of hydrogen-bond acceptors (Lipinski definition) is 4. The number of rotatable bonds is 7. The van der Waals surface area contributed by atoms with E-state index in [9.17, 15) is 19.2 Å². The molecule has 24 heavy (non-hydrogen) atoms. The molecule has 0 bridgehead atoms. The van der Waals surface area contributed by atoms with E-state index >= 15 is 0 Å². The number of nitrogens with zero attached hydrogens (tertiary/aromatic N) is 1. The second kappa shape index (κ2) is 7.08. The summed E-state index contributed by atoms with van der Waals surface area (Å²) in [5.41, 5.74) is 1.34. The molecule has 126 valence electrons. The molecule has 1 aromatic rings. The number of carboxylic acid groups (broad SMARTS) is 1. The van der Waals surface area contributed by atoms with Gasteiger partial charge in [0.05, 0.1) is 11.1 Å². The number of aliphatic carboxylic acids is 1. The summed E-state index contributed by atoms with van der Waals surface area (Å²) < 4.78 is 0. The minimum Gasteiger partial charge on any atom is -0.480 e. The average Bonchev–Trinajstić information content (AvgIpc) is 2.75. The van der Waals surface area contributed by atoms with Gasteiger partial charge in [-0.15, -0.1) is 6.58 Å². The molecule has 3 amide bonds. The Kier molecular flexibility index (Phi) is 5.13. The number of benzene rings is 1. The Morgan fingerprint density at radius 2 is 1.96 bits per heavy atom. The molecule has 2 N–H and O–H groups in total. The Hall–Kier alpha value is -2.96.